The van der Waals surface area contributed by atoms with Crippen LogP contribution in [0.4, 0.5) is 0 Å². The van der Waals surface area contributed by atoms with Crippen molar-refractivity contribution in [2.75, 3.05) is 19.8 Å². The number of ether oxygens (including phenoxy) is 2. The van der Waals surface area contributed by atoms with Gasteiger partial charge in [0.05, 0.1) is 18.8 Å². The summed E-state index contributed by atoms with van der Waals surface area (Å²) in [5, 5.41) is 3.16. The Hall–Kier alpha value is -2.12. The van der Waals surface area contributed by atoms with Crippen LogP contribution in [0.3, 0.4) is 0 Å². The van der Waals surface area contributed by atoms with Gasteiger partial charge in [-0.1, -0.05) is 11.6 Å². The van der Waals surface area contributed by atoms with Crippen LogP contribution in [0.5, 0.6) is 5.88 Å². The lowest BCUT2D eigenvalue weighted by Crippen LogP contribution is -2.27. The molecule has 7 nitrogen and oxygen atoms in total. The van der Waals surface area contributed by atoms with Crippen LogP contribution in [-0.2, 0) is 11.3 Å². The van der Waals surface area contributed by atoms with Gasteiger partial charge in [0.25, 0.3) is 5.91 Å². The number of halogens is 1. The standard InChI is InChI=1S/C16H19ClN4O3/c1-11-18-3-5-21(11)6-4-19-15(22)12-8-14(17)16(20-9-12)24-13-2-7-23-10-13/h3,5,8-9,13H,2,4,6-7,10H2,1H3,(H,19,22)/t13-/m1/s1. The number of amides is 1. The van der Waals surface area contributed by atoms with Crippen LogP contribution in [0.1, 0.15) is 22.6 Å². The summed E-state index contributed by atoms with van der Waals surface area (Å²) in [6.07, 6.45) is 5.85. The van der Waals surface area contributed by atoms with Crippen molar-refractivity contribution in [3.8, 4) is 5.88 Å². The van der Waals surface area contributed by atoms with Crippen LogP contribution < -0.4 is 10.1 Å². The van der Waals surface area contributed by atoms with Gasteiger partial charge in [-0.15, -0.1) is 0 Å². The highest BCUT2D eigenvalue weighted by Crippen LogP contribution is 2.25. The van der Waals surface area contributed by atoms with Crippen molar-refractivity contribution >= 4 is 17.5 Å². The third-order valence-corrected chi connectivity index (χ3v) is 4.07. The summed E-state index contributed by atoms with van der Waals surface area (Å²) in [6.45, 7) is 4.28. The molecule has 1 atom stereocenters. The largest absolute Gasteiger partial charge is 0.471 e. The molecule has 128 valence electrons. The summed E-state index contributed by atoms with van der Waals surface area (Å²) in [5.74, 6) is 1.02. The van der Waals surface area contributed by atoms with Gasteiger partial charge < -0.3 is 19.4 Å². The number of pyridine rings is 1. The minimum Gasteiger partial charge on any atom is -0.471 e. The van der Waals surface area contributed by atoms with Crippen LogP contribution in [0, 0.1) is 6.92 Å². The first-order chi connectivity index (χ1) is 11.6. The van der Waals surface area contributed by atoms with E-state index in [1.807, 2.05) is 17.7 Å². The van der Waals surface area contributed by atoms with Crippen molar-refractivity contribution < 1.29 is 14.3 Å². The van der Waals surface area contributed by atoms with Crippen molar-refractivity contribution in [2.45, 2.75) is 26.0 Å². The lowest BCUT2D eigenvalue weighted by atomic mass is 10.2. The number of carbonyl (C=O) groups excluding carboxylic acids is 1. The predicted molar refractivity (Wildman–Crippen MR) is 88.4 cm³/mol. The van der Waals surface area contributed by atoms with E-state index in [9.17, 15) is 4.79 Å². The van der Waals surface area contributed by atoms with Crippen LogP contribution >= 0.6 is 11.6 Å². The Morgan fingerprint density at radius 3 is 3.08 bits per heavy atom. The number of nitrogens with zero attached hydrogens (tertiary/aromatic N) is 3. The van der Waals surface area contributed by atoms with Gasteiger partial charge >= 0.3 is 0 Å². The SMILES string of the molecule is Cc1nccn1CCNC(=O)c1cnc(O[C@@H]2CCOC2)c(Cl)c1. The van der Waals surface area contributed by atoms with Gasteiger partial charge in [-0.25, -0.2) is 9.97 Å². The molecule has 1 saturated heterocycles. The molecule has 0 bridgehead atoms. The van der Waals surface area contributed by atoms with E-state index in [1.165, 1.54) is 6.20 Å². The lowest BCUT2D eigenvalue weighted by Gasteiger charge is -2.13. The number of aromatic nitrogens is 3. The molecule has 24 heavy (non-hydrogen) atoms. The van der Waals surface area contributed by atoms with Crippen LogP contribution in [0.25, 0.3) is 0 Å². The van der Waals surface area contributed by atoms with Crippen molar-refractivity contribution in [3.05, 3.63) is 41.1 Å². The lowest BCUT2D eigenvalue weighted by molar-refractivity contribution is 0.0951. The van der Waals surface area contributed by atoms with Gasteiger partial charge in [0, 0.05) is 38.1 Å². The minimum absolute atomic E-state index is 0.0342. The zero-order valence-electron chi connectivity index (χ0n) is 13.4. The van der Waals surface area contributed by atoms with Crippen LogP contribution in [0.15, 0.2) is 24.7 Å². The molecule has 3 heterocycles. The number of nitrogens with one attached hydrogen (secondary N) is 1. The summed E-state index contributed by atoms with van der Waals surface area (Å²) in [7, 11) is 0. The van der Waals surface area contributed by atoms with E-state index in [-0.39, 0.29) is 12.0 Å². The molecule has 3 rings (SSSR count). The van der Waals surface area contributed by atoms with Crippen LogP contribution in [-0.4, -0.2) is 46.3 Å². The molecule has 1 N–H and O–H groups in total. The molecule has 0 aromatic carbocycles. The Morgan fingerprint density at radius 1 is 1.54 bits per heavy atom. The molecule has 0 spiro atoms. The molecular weight excluding hydrogens is 332 g/mol. The zero-order chi connectivity index (χ0) is 16.9. The predicted octanol–water partition coefficient (Wildman–Crippen LogP) is 1.84. The van der Waals surface area contributed by atoms with Gasteiger partial charge in [-0.05, 0) is 13.0 Å². The normalized spacial score (nSPS) is 17.0. The maximum Gasteiger partial charge on any atom is 0.252 e. The Morgan fingerprint density at radius 2 is 2.42 bits per heavy atom. The topological polar surface area (TPSA) is 78.3 Å². The Kier molecular flexibility index (Phi) is 5.32. The molecule has 2 aromatic heterocycles. The number of imidazole rings is 1. The van der Waals surface area contributed by atoms with E-state index < -0.39 is 0 Å². The number of carbonyl (C=O) groups is 1. The van der Waals surface area contributed by atoms with Gasteiger partial charge in [-0.2, -0.15) is 0 Å². The summed E-state index contributed by atoms with van der Waals surface area (Å²) in [6, 6.07) is 1.57. The Labute approximate surface area is 145 Å². The maximum absolute atomic E-state index is 12.2. The summed E-state index contributed by atoms with van der Waals surface area (Å²) >= 11 is 6.17. The van der Waals surface area contributed by atoms with Crippen LogP contribution in [0.2, 0.25) is 5.02 Å². The summed E-state index contributed by atoms with van der Waals surface area (Å²) in [5.41, 5.74) is 0.400. The number of rotatable bonds is 6. The van der Waals surface area contributed by atoms with Crippen molar-refractivity contribution in [3.63, 3.8) is 0 Å². The van der Waals surface area contributed by atoms with E-state index in [0.29, 0.717) is 42.8 Å². The number of hydrogen-bond acceptors (Lipinski definition) is 5. The molecule has 0 aliphatic carbocycles. The summed E-state index contributed by atoms with van der Waals surface area (Å²) in [4.78, 5) is 20.5. The zero-order valence-corrected chi connectivity index (χ0v) is 14.1. The van der Waals surface area contributed by atoms with E-state index in [0.717, 1.165) is 12.2 Å². The number of hydrogen-bond donors (Lipinski definition) is 1. The first kappa shape index (κ1) is 16.7. The molecule has 1 amide bonds. The van der Waals surface area contributed by atoms with E-state index in [4.69, 9.17) is 21.1 Å². The van der Waals surface area contributed by atoms with Gasteiger partial charge in [0.2, 0.25) is 5.88 Å². The highest BCUT2D eigenvalue weighted by atomic mass is 35.5. The third kappa shape index (κ3) is 4.04. The van der Waals surface area contributed by atoms with Crippen molar-refractivity contribution in [1.29, 1.82) is 0 Å². The van der Waals surface area contributed by atoms with Gasteiger partial charge in [0.1, 0.15) is 17.0 Å². The fourth-order valence-corrected chi connectivity index (χ4v) is 2.64. The Balaban J connectivity index is 1.54. The van der Waals surface area contributed by atoms with Crippen molar-refractivity contribution in [1.82, 2.24) is 19.9 Å². The minimum atomic E-state index is -0.224. The quantitative estimate of drug-likeness (QED) is 0.860. The molecular formula is C16H19ClN4O3. The second kappa shape index (κ2) is 7.63. The monoisotopic (exact) mass is 350 g/mol. The molecule has 1 aliphatic rings. The molecule has 0 unspecified atom stereocenters. The first-order valence-corrected chi connectivity index (χ1v) is 8.17. The fourth-order valence-electron chi connectivity index (χ4n) is 2.43. The molecule has 8 heteroatoms. The average molecular weight is 351 g/mol. The van der Waals surface area contributed by atoms with E-state index in [1.54, 1.807) is 12.3 Å². The third-order valence-electron chi connectivity index (χ3n) is 3.80. The molecule has 2 aromatic rings. The fraction of sp³-hybridized carbons (Fsp3) is 0.438. The second-order valence-corrected chi connectivity index (χ2v) is 5.95. The number of aryl methyl sites for hydroxylation is 1. The van der Waals surface area contributed by atoms with E-state index >= 15 is 0 Å². The Bertz CT molecular complexity index is 713. The van der Waals surface area contributed by atoms with Crippen molar-refractivity contribution in [2.24, 2.45) is 0 Å². The molecule has 0 radical (unpaired) electrons. The highest BCUT2D eigenvalue weighted by Gasteiger charge is 2.20. The first-order valence-electron chi connectivity index (χ1n) is 7.79. The van der Waals surface area contributed by atoms with Gasteiger partial charge in [-0.3, -0.25) is 4.79 Å². The summed E-state index contributed by atoms with van der Waals surface area (Å²) < 4.78 is 12.9. The maximum atomic E-state index is 12.2. The smallest absolute Gasteiger partial charge is 0.252 e. The average Bonchev–Trinajstić information content (AvgIpc) is 3.21. The molecule has 0 saturated carbocycles. The molecule has 1 fully saturated rings. The highest BCUT2D eigenvalue weighted by molar-refractivity contribution is 6.32. The second-order valence-electron chi connectivity index (χ2n) is 5.54. The molecule has 1 aliphatic heterocycles. The van der Waals surface area contributed by atoms with E-state index in [2.05, 4.69) is 15.3 Å². The van der Waals surface area contributed by atoms with Gasteiger partial charge in [0.15, 0.2) is 0 Å².